The molecule has 0 bridgehead atoms. The fraction of sp³-hybridized carbons (Fsp3) is 0.889. The summed E-state index contributed by atoms with van der Waals surface area (Å²) in [7, 11) is 0. The molecule has 1 nitrogen and oxygen atoms in total. The van der Waals surface area contributed by atoms with Crippen LogP contribution >= 0.6 is 11.8 Å². The summed E-state index contributed by atoms with van der Waals surface area (Å²) in [5.74, 6) is 2.55. The summed E-state index contributed by atoms with van der Waals surface area (Å²) in [5, 5.41) is 0. The monoisotopic (exact) mass is 174 g/mol. The van der Waals surface area contributed by atoms with Crippen LogP contribution in [-0.4, -0.2) is 17.3 Å². The number of rotatable bonds is 7. The van der Waals surface area contributed by atoms with Gasteiger partial charge in [-0.3, -0.25) is 4.79 Å². The van der Waals surface area contributed by atoms with Gasteiger partial charge in [-0.2, -0.15) is 11.8 Å². The largest absolute Gasteiger partial charge is 0.300 e. The fourth-order valence-electron chi connectivity index (χ4n) is 0.772. The zero-order valence-corrected chi connectivity index (χ0v) is 8.38. The molecule has 0 atom stereocenters. The van der Waals surface area contributed by atoms with Crippen molar-refractivity contribution in [3.8, 4) is 0 Å². The Bertz CT molecular complexity index is 102. The summed E-state index contributed by atoms with van der Waals surface area (Å²) in [4.78, 5) is 10.5. The molecular weight excluding hydrogens is 156 g/mol. The molecule has 0 amide bonds. The lowest BCUT2D eigenvalue weighted by Crippen LogP contribution is -1.92. The Kier molecular flexibility index (Phi) is 8.13. The van der Waals surface area contributed by atoms with Crippen LogP contribution in [0, 0.1) is 0 Å². The van der Waals surface area contributed by atoms with Crippen molar-refractivity contribution in [1.82, 2.24) is 0 Å². The van der Waals surface area contributed by atoms with Crippen molar-refractivity contribution in [2.24, 2.45) is 0 Å². The summed E-state index contributed by atoms with van der Waals surface area (Å²) >= 11 is 1.90. The summed E-state index contributed by atoms with van der Waals surface area (Å²) in [6.45, 7) is 3.87. The SMILES string of the molecule is CCCCCSCCC(C)=O. The summed E-state index contributed by atoms with van der Waals surface area (Å²) in [6, 6.07) is 0. The first-order chi connectivity index (χ1) is 5.27. The van der Waals surface area contributed by atoms with Gasteiger partial charge in [0.05, 0.1) is 0 Å². The molecule has 0 aliphatic carbocycles. The van der Waals surface area contributed by atoms with E-state index in [9.17, 15) is 4.79 Å². The fourth-order valence-corrected chi connectivity index (χ4v) is 1.82. The zero-order valence-electron chi connectivity index (χ0n) is 7.56. The van der Waals surface area contributed by atoms with Gasteiger partial charge in [-0.1, -0.05) is 19.8 Å². The Balaban J connectivity index is 2.85. The second kappa shape index (κ2) is 8.12. The van der Waals surface area contributed by atoms with Crippen molar-refractivity contribution in [1.29, 1.82) is 0 Å². The van der Waals surface area contributed by atoms with E-state index in [1.807, 2.05) is 11.8 Å². The van der Waals surface area contributed by atoms with Gasteiger partial charge < -0.3 is 0 Å². The highest BCUT2D eigenvalue weighted by Crippen LogP contribution is 2.07. The van der Waals surface area contributed by atoms with Gasteiger partial charge in [0.25, 0.3) is 0 Å². The number of carbonyl (C=O) groups excluding carboxylic acids is 1. The normalized spacial score (nSPS) is 10.0. The number of unbranched alkanes of at least 4 members (excludes halogenated alkanes) is 2. The van der Waals surface area contributed by atoms with Crippen LogP contribution in [0.3, 0.4) is 0 Å². The number of hydrogen-bond donors (Lipinski definition) is 0. The van der Waals surface area contributed by atoms with E-state index in [1.54, 1.807) is 6.92 Å². The highest BCUT2D eigenvalue weighted by Gasteiger charge is 1.93. The summed E-state index contributed by atoms with van der Waals surface area (Å²) < 4.78 is 0. The van der Waals surface area contributed by atoms with E-state index in [0.29, 0.717) is 5.78 Å². The minimum absolute atomic E-state index is 0.313. The van der Waals surface area contributed by atoms with Crippen molar-refractivity contribution < 1.29 is 4.79 Å². The van der Waals surface area contributed by atoms with Crippen LogP contribution < -0.4 is 0 Å². The summed E-state index contributed by atoms with van der Waals surface area (Å²) in [6.07, 6.45) is 4.66. The van der Waals surface area contributed by atoms with Crippen molar-refractivity contribution in [2.45, 2.75) is 39.5 Å². The maximum atomic E-state index is 10.5. The maximum Gasteiger partial charge on any atom is 0.130 e. The molecule has 0 spiro atoms. The third-order valence-corrected chi connectivity index (χ3v) is 2.56. The van der Waals surface area contributed by atoms with E-state index in [1.165, 1.54) is 25.0 Å². The van der Waals surface area contributed by atoms with E-state index in [-0.39, 0.29) is 0 Å². The molecule has 0 fully saturated rings. The Morgan fingerprint density at radius 3 is 2.55 bits per heavy atom. The molecular formula is C9H18OS. The smallest absolute Gasteiger partial charge is 0.130 e. The third kappa shape index (κ3) is 10.0. The second-order valence-corrected chi connectivity index (χ2v) is 4.00. The first-order valence-corrected chi connectivity index (χ1v) is 5.50. The van der Waals surface area contributed by atoms with Gasteiger partial charge in [0, 0.05) is 12.2 Å². The second-order valence-electron chi connectivity index (χ2n) is 2.77. The van der Waals surface area contributed by atoms with E-state index in [4.69, 9.17) is 0 Å². The van der Waals surface area contributed by atoms with Crippen molar-refractivity contribution >= 4 is 17.5 Å². The number of thioether (sulfide) groups is 1. The Morgan fingerprint density at radius 2 is 2.00 bits per heavy atom. The van der Waals surface area contributed by atoms with Crippen LogP contribution in [0.25, 0.3) is 0 Å². The van der Waals surface area contributed by atoms with E-state index in [2.05, 4.69) is 6.92 Å². The van der Waals surface area contributed by atoms with E-state index >= 15 is 0 Å². The molecule has 0 N–H and O–H groups in total. The molecule has 0 unspecified atom stereocenters. The molecule has 0 heterocycles. The number of hydrogen-bond acceptors (Lipinski definition) is 2. The van der Waals surface area contributed by atoms with Gasteiger partial charge in [0.1, 0.15) is 5.78 Å². The Hall–Kier alpha value is 0.0200. The standard InChI is InChI=1S/C9H18OS/c1-3-4-5-7-11-8-6-9(2)10/h3-8H2,1-2H3. The molecule has 0 saturated carbocycles. The van der Waals surface area contributed by atoms with Gasteiger partial charge in [0.2, 0.25) is 0 Å². The highest BCUT2D eigenvalue weighted by atomic mass is 32.2. The topological polar surface area (TPSA) is 17.1 Å². The lowest BCUT2D eigenvalue weighted by atomic mass is 10.3. The van der Waals surface area contributed by atoms with Gasteiger partial charge in [0.15, 0.2) is 0 Å². The van der Waals surface area contributed by atoms with Gasteiger partial charge in [-0.15, -0.1) is 0 Å². The number of Topliss-reactive ketones (excluding diaryl/α,β-unsaturated/α-hetero) is 1. The molecule has 66 valence electrons. The van der Waals surface area contributed by atoms with Gasteiger partial charge >= 0.3 is 0 Å². The molecule has 0 aromatic heterocycles. The van der Waals surface area contributed by atoms with Crippen LogP contribution in [0.4, 0.5) is 0 Å². The molecule has 0 aliphatic heterocycles. The van der Waals surface area contributed by atoms with Crippen LogP contribution in [0.1, 0.15) is 39.5 Å². The predicted molar refractivity (Wildman–Crippen MR) is 52.1 cm³/mol. The Labute approximate surface area is 73.9 Å². The predicted octanol–water partition coefficient (Wildman–Crippen LogP) is 2.89. The lowest BCUT2D eigenvalue weighted by Gasteiger charge is -1.97. The molecule has 0 aliphatic rings. The lowest BCUT2D eigenvalue weighted by molar-refractivity contribution is -0.116. The molecule has 2 heteroatoms. The van der Waals surface area contributed by atoms with Crippen molar-refractivity contribution in [2.75, 3.05) is 11.5 Å². The average molecular weight is 174 g/mol. The zero-order chi connectivity index (χ0) is 8.53. The van der Waals surface area contributed by atoms with Crippen LogP contribution in [0.2, 0.25) is 0 Å². The molecule has 0 saturated heterocycles. The van der Waals surface area contributed by atoms with Crippen molar-refractivity contribution in [3.63, 3.8) is 0 Å². The van der Waals surface area contributed by atoms with Gasteiger partial charge in [-0.25, -0.2) is 0 Å². The number of ketones is 1. The molecule has 0 aromatic carbocycles. The quantitative estimate of drug-likeness (QED) is 0.552. The minimum atomic E-state index is 0.313. The molecule has 0 rings (SSSR count). The highest BCUT2D eigenvalue weighted by molar-refractivity contribution is 7.99. The molecule has 0 radical (unpaired) electrons. The first-order valence-electron chi connectivity index (χ1n) is 4.34. The average Bonchev–Trinajstić information content (AvgIpc) is 1.96. The van der Waals surface area contributed by atoms with Crippen LogP contribution in [0.15, 0.2) is 0 Å². The third-order valence-electron chi connectivity index (χ3n) is 1.49. The first kappa shape index (κ1) is 11.0. The maximum absolute atomic E-state index is 10.5. The van der Waals surface area contributed by atoms with Gasteiger partial charge in [-0.05, 0) is 19.1 Å². The summed E-state index contributed by atoms with van der Waals surface area (Å²) in [5.41, 5.74) is 0. The van der Waals surface area contributed by atoms with Crippen LogP contribution in [-0.2, 0) is 4.79 Å². The van der Waals surface area contributed by atoms with E-state index < -0.39 is 0 Å². The van der Waals surface area contributed by atoms with Crippen LogP contribution in [0.5, 0.6) is 0 Å². The Morgan fingerprint density at radius 1 is 1.27 bits per heavy atom. The number of carbonyl (C=O) groups is 1. The molecule has 11 heavy (non-hydrogen) atoms. The minimum Gasteiger partial charge on any atom is -0.300 e. The molecule has 0 aromatic rings. The van der Waals surface area contributed by atoms with Crippen molar-refractivity contribution in [3.05, 3.63) is 0 Å². The van der Waals surface area contributed by atoms with E-state index in [0.717, 1.165) is 12.2 Å².